The third-order valence-electron chi connectivity index (χ3n) is 3.95. The van der Waals surface area contributed by atoms with Crippen LogP contribution >= 0.6 is 0 Å². The topological polar surface area (TPSA) is 84.4 Å². The Hall–Kier alpha value is -2.96. The predicted octanol–water partition coefficient (Wildman–Crippen LogP) is 0.800. The van der Waals surface area contributed by atoms with Gasteiger partial charge in [-0.15, -0.1) is 0 Å². The Labute approximate surface area is 139 Å². The minimum Gasteiger partial charge on any atom is -0.497 e. The van der Waals surface area contributed by atoms with Crippen molar-refractivity contribution in [2.75, 3.05) is 20.2 Å². The molecule has 1 N–H and O–H groups in total. The molecule has 7 nitrogen and oxygen atoms in total. The van der Waals surface area contributed by atoms with E-state index in [2.05, 4.69) is 15.3 Å². The molecule has 0 radical (unpaired) electrons. The first kappa shape index (κ1) is 15.9. The summed E-state index contributed by atoms with van der Waals surface area (Å²) < 4.78 is 5.09. The van der Waals surface area contributed by atoms with E-state index >= 15 is 0 Å². The first-order valence-electron chi connectivity index (χ1n) is 7.65. The SMILES string of the molecule is COc1cccc(C(=O)NCC(=O)N2CCc3ncncc3C2)c1. The van der Waals surface area contributed by atoms with Crippen molar-refractivity contribution in [1.82, 2.24) is 20.2 Å². The molecule has 0 spiro atoms. The molecule has 24 heavy (non-hydrogen) atoms. The van der Waals surface area contributed by atoms with Crippen LogP contribution in [0.5, 0.6) is 5.75 Å². The molecule has 2 heterocycles. The fraction of sp³-hybridized carbons (Fsp3) is 0.294. The normalized spacial score (nSPS) is 13.1. The van der Waals surface area contributed by atoms with Gasteiger partial charge in [0.25, 0.3) is 5.91 Å². The number of nitrogens with one attached hydrogen (secondary N) is 1. The molecular weight excluding hydrogens is 308 g/mol. The molecule has 124 valence electrons. The highest BCUT2D eigenvalue weighted by Gasteiger charge is 2.21. The highest BCUT2D eigenvalue weighted by atomic mass is 16.5. The second-order valence-corrected chi connectivity index (χ2v) is 5.47. The van der Waals surface area contributed by atoms with Crippen molar-refractivity contribution in [2.45, 2.75) is 13.0 Å². The van der Waals surface area contributed by atoms with Gasteiger partial charge in [0, 0.05) is 36.8 Å². The summed E-state index contributed by atoms with van der Waals surface area (Å²) in [5.41, 5.74) is 2.39. The number of amides is 2. The Kier molecular flexibility index (Phi) is 4.69. The van der Waals surface area contributed by atoms with Crippen LogP contribution in [-0.4, -0.2) is 46.9 Å². The third kappa shape index (κ3) is 3.51. The summed E-state index contributed by atoms with van der Waals surface area (Å²) in [5.74, 6) is 0.172. The molecule has 1 aromatic carbocycles. The lowest BCUT2D eigenvalue weighted by atomic mass is 10.1. The van der Waals surface area contributed by atoms with Gasteiger partial charge in [-0.3, -0.25) is 9.59 Å². The number of fused-ring (bicyclic) bond motifs is 1. The second-order valence-electron chi connectivity index (χ2n) is 5.47. The zero-order chi connectivity index (χ0) is 16.9. The van der Waals surface area contributed by atoms with Crippen LogP contribution in [0.2, 0.25) is 0 Å². The Morgan fingerprint density at radius 3 is 3.08 bits per heavy atom. The van der Waals surface area contributed by atoms with Crippen LogP contribution in [0.1, 0.15) is 21.6 Å². The zero-order valence-corrected chi connectivity index (χ0v) is 13.4. The lowest BCUT2D eigenvalue weighted by Crippen LogP contribution is -2.42. The molecule has 1 aliphatic heterocycles. The van der Waals surface area contributed by atoms with E-state index in [1.807, 2.05) is 0 Å². The standard InChI is InChI=1S/C17H18N4O3/c1-24-14-4-2-3-12(7-14)17(23)19-9-16(22)21-6-5-15-13(10-21)8-18-11-20-15/h2-4,7-8,11H,5-6,9-10H2,1H3,(H,19,23). The largest absolute Gasteiger partial charge is 0.497 e. The first-order chi connectivity index (χ1) is 11.7. The lowest BCUT2D eigenvalue weighted by Gasteiger charge is -2.27. The number of aromatic nitrogens is 2. The number of carbonyl (C=O) groups is 2. The molecule has 0 fully saturated rings. The molecular formula is C17H18N4O3. The molecule has 0 saturated carbocycles. The van der Waals surface area contributed by atoms with E-state index in [0.29, 0.717) is 30.8 Å². The van der Waals surface area contributed by atoms with Gasteiger partial charge in [-0.25, -0.2) is 9.97 Å². The van der Waals surface area contributed by atoms with E-state index in [1.54, 1.807) is 42.5 Å². The minimum absolute atomic E-state index is 0.0426. The van der Waals surface area contributed by atoms with Crippen LogP contribution in [0, 0.1) is 0 Å². The van der Waals surface area contributed by atoms with Crippen LogP contribution in [0.15, 0.2) is 36.8 Å². The van der Waals surface area contributed by atoms with Crippen LogP contribution < -0.4 is 10.1 Å². The Balaban J connectivity index is 1.57. The molecule has 0 aliphatic carbocycles. The van der Waals surface area contributed by atoms with E-state index in [-0.39, 0.29) is 18.4 Å². The molecule has 0 unspecified atom stereocenters. The first-order valence-corrected chi connectivity index (χ1v) is 7.65. The van der Waals surface area contributed by atoms with Crippen molar-refractivity contribution in [3.63, 3.8) is 0 Å². The molecule has 0 atom stereocenters. The highest BCUT2D eigenvalue weighted by molar-refractivity contribution is 5.96. The minimum atomic E-state index is -0.303. The van der Waals surface area contributed by atoms with Crippen molar-refractivity contribution in [3.8, 4) is 5.75 Å². The van der Waals surface area contributed by atoms with Crippen molar-refractivity contribution < 1.29 is 14.3 Å². The fourth-order valence-electron chi connectivity index (χ4n) is 2.61. The summed E-state index contributed by atoms with van der Waals surface area (Å²) in [5, 5.41) is 2.65. The van der Waals surface area contributed by atoms with Gasteiger partial charge in [-0.2, -0.15) is 0 Å². The van der Waals surface area contributed by atoms with Gasteiger partial charge in [-0.05, 0) is 18.2 Å². The average Bonchev–Trinajstić information content (AvgIpc) is 2.65. The second kappa shape index (κ2) is 7.08. The van der Waals surface area contributed by atoms with E-state index in [9.17, 15) is 9.59 Å². The number of ether oxygens (including phenoxy) is 1. The van der Waals surface area contributed by atoms with Crippen LogP contribution in [0.4, 0.5) is 0 Å². The summed E-state index contributed by atoms with van der Waals surface area (Å²) in [6, 6.07) is 6.80. The molecule has 2 aromatic rings. The van der Waals surface area contributed by atoms with Gasteiger partial charge in [0.2, 0.25) is 5.91 Å². The zero-order valence-electron chi connectivity index (χ0n) is 13.4. The van der Waals surface area contributed by atoms with E-state index in [1.165, 1.54) is 6.33 Å². The number of rotatable bonds is 4. The quantitative estimate of drug-likeness (QED) is 0.898. The fourth-order valence-corrected chi connectivity index (χ4v) is 2.61. The summed E-state index contributed by atoms with van der Waals surface area (Å²) in [6.45, 7) is 1.03. The number of hydrogen-bond donors (Lipinski definition) is 1. The van der Waals surface area contributed by atoms with E-state index < -0.39 is 0 Å². The van der Waals surface area contributed by atoms with Crippen molar-refractivity contribution in [3.05, 3.63) is 53.6 Å². The lowest BCUT2D eigenvalue weighted by molar-refractivity contribution is -0.131. The van der Waals surface area contributed by atoms with Gasteiger partial charge in [0.1, 0.15) is 12.1 Å². The smallest absolute Gasteiger partial charge is 0.251 e. The van der Waals surface area contributed by atoms with Gasteiger partial charge in [0.05, 0.1) is 19.3 Å². The molecule has 0 saturated heterocycles. The predicted molar refractivity (Wildman–Crippen MR) is 86.5 cm³/mol. The van der Waals surface area contributed by atoms with Crippen LogP contribution in [-0.2, 0) is 17.8 Å². The molecule has 1 aromatic heterocycles. The average molecular weight is 326 g/mol. The summed E-state index contributed by atoms with van der Waals surface area (Å²) in [6.07, 6.45) is 3.95. The Morgan fingerprint density at radius 2 is 2.25 bits per heavy atom. The maximum Gasteiger partial charge on any atom is 0.251 e. The summed E-state index contributed by atoms with van der Waals surface area (Å²) in [4.78, 5) is 34.4. The number of benzene rings is 1. The van der Waals surface area contributed by atoms with E-state index in [0.717, 1.165) is 11.3 Å². The van der Waals surface area contributed by atoms with Gasteiger partial charge in [0.15, 0.2) is 0 Å². The van der Waals surface area contributed by atoms with Gasteiger partial charge >= 0.3 is 0 Å². The van der Waals surface area contributed by atoms with Crippen molar-refractivity contribution in [1.29, 1.82) is 0 Å². The number of carbonyl (C=O) groups excluding carboxylic acids is 2. The summed E-state index contributed by atoms with van der Waals surface area (Å²) in [7, 11) is 1.54. The van der Waals surface area contributed by atoms with Crippen LogP contribution in [0.3, 0.4) is 0 Å². The molecule has 2 amide bonds. The highest BCUT2D eigenvalue weighted by Crippen LogP contribution is 2.15. The third-order valence-corrected chi connectivity index (χ3v) is 3.95. The number of nitrogens with zero attached hydrogens (tertiary/aromatic N) is 3. The van der Waals surface area contributed by atoms with E-state index in [4.69, 9.17) is 4.74 Å². The molecule has 3 rings (SSSR count). The maximum absolute atomic E-state index is 12.3. The van der Waals surface area contributed by atoms with Gasteiger partial charge < -0.3 is 15.0 Å². The molecule has 0 bridgehead atoms. The monoisotopic (exact) mass is 326 g/mol. The molecule has 1 aliphatic rings. The summed E-state index contributed by atoms with van der Waals surface area (Å²) >= 11 is 0. The van der Waals surface area contributed by atoms with Crippen molar-refractivity contribution >= 4 is 11.8 Å². The Bertz CT molecular complexity index is 763. The Morgan fingerprint density at radius 1 is 1.38 bits per heavy atom. The number of methoxy groups -OCH3 is 1. The number of hydrogen-bond acceptors (Lipinski definition) is 5. The molecule has 7 heteroatoms. The van der Waals surface area contributed by atoms with Gasteiger partial charge in [-0.1, -0.05) is 6.07 Å². The maximum atomic E-state index is 12.3. The van der Waals surface area contributed by atoms with Crippen molar-refractivity contribution in [2.24, 2.45) is 0 Å². The van der Waals surface area contributed by atoms with Crippen LogP contribution in [0.25, 0.3) is 0 Å².